The molecular weight excluding hydrogens is 384 g/mol. The summed E-state index contributed by atoms with van der Waals surface area (Å²) < 4.78 is 10.0. The quantitative estimate of drug-likeness (QED) is 0.369. The molecule has 160 valence electrons. The molecule has 11 heteroatoms. The Morgan fingerprint density at radius 2 is 2.03 bits per heavy atom. The molecule has 2 aliphatic heterocycles. The smallest absolute Gasteiger partial charge is 0.274 e. The largest absolute Gasteiger partial charge is 0.388 e. The normalized spacial score (nSPS) is 24.4. The topological polar surface area (TPSA) is 148 Å². The SMILES string of the molecule is COC[C@H](NC(=O)C1=NOC(C)C=C1)C(=O)NCC(=O)NC(C)C(=O)[C@@]1(C)CO1. The summed E-state index contributed by atoms with van der Waals surface area (Å²) in [5.41, 5.74) is -0.834. The number of carbonyl (C=O) groups excluding carboxylic acids is 4. The van der Waals surface area contributed by atoms with Crippen LogP contribution in [0.1, 0.15) is 20.8 Å². The Morgan fingerprint density at radius 1 is 1.34 bits per heavy atom. The summed E-state index contributed by atoms with van der Waals surface area (Å²) in [7, 11) is 1.37. The van der Waals surface area contributed by atoms with Crippen molar-refractivity contribution in [3.05, 3.63) is 12.2 Å². The first-order chi connectivity index (χ1) is 13.7. The number of hydrogen-bond acceptors (Lipinski definition) is 8. The zero-order valence-corrected chi connectivity index (χ0v) is 16.8. The van der Waals surface area contributed by atoms with E-state index < -0.39 is 35.4 Å². The fraction of sp³-hybridized carbons (Fsp3) is 0.611. The van der Waals surface area contributed by atoms with Gasteiger partial charge in [0.2, 0.25) is 11.8 Å². The lowest BCUT2D eigenvalue weighted by Crippen LogP contribution is -2.53. The molecule has 11 nitrogen and oxygen atoms in total. The number of rotatable bonds is 10. The lowest BCUT2D eigenvalue weighted by atomic mass is 10.0. The highest BCUT2D eigenvalue weighted by molar-refractivity contribution is 6.43. The molecule has 3 amide bonds. The van der Waals surface area contributed by atoms with Gasteiger partial charge < -0.3 is 30.3 Å². The van der Waals surface area contributed by atoms with Gasteiger partial charge in [0.25, 0.3) is 5.91 Å². The van der Waals surface area contributed by atoms with E-state index in [1.54, 1.807) is 26.8 Å². The highest BCUT2D eigenvalue weighted by atomic mass is 16.6. The van der Waals surface area contributed by atoms with E-state index in [2.05, 4.69) is 21.1 Å². The molecule has 0 spiro atoms. The predicted molar refractivity (Wildman–Crippen MR) is 101 cm³/mol. The number of ether oxygens (including phenoxy) is 2. The van der Waals surface area contributed by atoms with Crippen molar-refractivity contribution >= 4 is 29.2 Å². The third-order valence-electron chi connectivity index (χ3n) is 4.32. The van der Waals surface area contributed by atoms with E-state index in [0.717, 1.165) is 0 Å². The molecule has 4 atom stereocenters. The molecule has 0 radical (unpaired) electrons. The minimum absolute atomic E-state index is 0.0119. The lowest BCUT2D eigenvalue weighted by molar-refractivity contribution is -0.131. The van der Waals surface area contributed by atoms with Crippen molar-refractivity contribution in [3.63, 3.8) is 0 Å². The second-order valence-electron chi connectivity index (χ2n) is 7.02. The van der Waals surface area contributed by atoms with Crippen molar-refractivity contribution in [1.82, 2.24) is 16.0 Å². The van der Waals surface area contributed by atoms with Crippen LogP contribution in [0.25, 0.3) is 0 Å². The number of nitrogens with one attached hydrogen (secondary N) is 3. The van der Waals surface area contributed by atoms with Gasteiger partial charge in [0, 0.05) is 7.11 Å². The van der Waals surface area contributed by atoms with E-state index in [0.29, 0.717) is 6.61 Å². The number of epoxide rings is 1. The minimum Gasteiger partial charge on any atom is -0.388 e. The molecule has 1 fully saturated rings. The second-order valence-corrected chi connectivity index (χ2v) is 7.02. The first-order valence-electron chi connectivity index (χ1n) is 9.13. The number of hydrogen-bond donors (Lipinski definition) is 3. The monoisotopic (exact) mass is 410 g/mol. The number of Topliss-reactive ketones (excluding diaryl/α,β-unsaturated/α-hetero) is 1. The van der Waals surface area contributed by atoms with E-state index >= 15 is 0 Å². The number of methoxy groups -OCH3 is 1. The lowest BCUT2D eigenvalue weighted by Gasteiger charge is -2.19. The van der Waals surface area contributed by atoms with E-state index in [1.165, 1.54) is 13.2 Å². The van der Waals surface area contributed by atoms with Crippen LogP contribution in [0.15, 0.2) is 17.3 Å². The van der Waals surface area contributed by atoms with Gasteiger partial charge >= 0.3 is 0 Å². The zero-order chi connectivity index (χ0) is 21.6. The van der Waals surface area contributed by atoms with Crippen molar-refractivity contribution in [2.24, 2.45) is 5.16 Å². The van der Waals surface area contributed by atoms with Crippen LogP contribution in [0.4, 0.5) is 0 Å². The summed E-state index contributed by atoms with van der Waals surface area (Å²) >= 11 is 0. The van der Waals surface area contributed by atoms with Gasteiger partial charge in [-0.15, -0.1) is 0 Å². The molecule has 3 N–H and O–H groups in total. The van der Waals surface area contributed by atoms with Gasteiger partial charge in [-0.25, -0.2) is 0 Å². The van der Waals surface area contributed by atoms with Crippen LogP contribution in [-0.2, 0) is 33.5 Å². The molecule has 0 aromatic heterocycles. The van der Waals surface area contributed by atoms with E-state index in [9.17, 15) is 19.2 Å². The zero-order valence-electron chi connectivity index (χ0n) is 16.8. The Hall–Kier alpha value is -2.79. The molecule has 1 saturated heterocycles. The molecule has 2 unspecified atom stereocenters. The number of carbonyl (C=O) groups is 4. The second kappa shape index (κ2) is 9.61. The van der Waals surface area contributed by atoms with Gasteiger partial charge in [-0.3, -0.25) is 19.2 Å². The first kappa shape index (κ1) is 22.5. The van der Waals surface area contributed by atoms with Crippen LogP contribution in [-0.4, -0.2) is 79.9 Å². The van der Waals surface area contributed by atoms with Crippen molar-refractivity contribution in [3.8, 4) is 0 Å². The van der Waals surface area contributed by atoms with E-state index in [4.69, 9.17) is 14.3 Å². The van der Waals surface area contributed by atoms with Crippen molar-refractivity contribution < 1.29 is 33.5 Å². The number of nitrogens with zero attached hydrogens (tertiary/aromatic N) is 1. The highest BCUT2D eigenvalue weighted by Gasteiger charge is 2.48. The van der Waals surface area contributed by atoms with Crippen molar-refractivity contribution in [1.29, 1.82) is 0 Å². The average Bonchev–Trinajstić information content (AvgIpc) is 3.44. The van der Waals surface area contributed by atoms with E-state index in [-0.39, 0.29) is 30.8 Å². The molecule has 0 saturated carbocycles. The Bertz CT molecular complexity index is 730. The third-order valence-corrected chi connectivity index (χ3v) is 4.32. The minimum atomic E-state index is -1.05. The number of oxime groups is 1. The summed E-state index contributed by atoms with van der Waals surface area (Å²) in [5.74, 6) is -2.03. The number of amides is 3. The van der Waals surface area contributed by atoms with Crippen LogP contribution in [0.3, 0.4) is 0 Å². The summed E-state index contributed by atoms with van der Waals surface area (Å²) in [6.07, 6.45) is 2.89. The number of ketones is 1. The highest BCUT2D eigenvalue weighted by Crippen LogP contribution is 2.28. The molecule has 0 bridgehead atoms. The van der Waals surface area contributed by atoms with Gasteiger partial charge in [-0.05, 0) is 32.9 Å². The van der Waals surface area contributed by atoms with Crippen LogP contribution in [0, 0.1) is 0 Å². The maximum atomic E-state index is 12.3. The summed E-state index contributed by atoms with van der Waals surface area (Å²) in [6, 6.07) is -1.80. The molecule has 2 heterocycles. The molecule has 2 rings (SSSR count). The Morgan fingerprint density at radius 3 is 2.59 bits per heavy atom. The first-order valence-corrected chi connectivity index (χ1v) is 9.13. The van der Waals surface area contributed by atoms with E-state index in [1.807, 2.05) is 0 Å². The van der Waals surface area contributed by atoms with Crippen molar-refractivity contribution in [2.45, 2.75) is 44.6 Å². The molecule has 29 heavy (non-hydrogen) atoms. The van der Waals surface area contributed by atoms with Crippen LogP contribution in [0.5, 0.6) is 0 Å². The van der Waals surface area contributed by atoms with Crippen LogP contribution >= 0.6 is 0 Å². The molecule has 0 aliphatic carbocycles. The summed E-state index contributed by atoms with van der Waals surface area (Å²) in [4.78, 5) is 53.6. The Labute approximate surface area is 168 Å². The van der Waals surface area contributed by atoms with Crippen LogP contribution < -0.4 is 16.0 Å². The van der Waals surface area contributed by atoms with Crippen molar-refractivity contribution in [2.75, 3.05) is 26.9 Å². The third kappa shape index (κ3) is 6.36. The Balaban J connectivity index is 1.82. The molecular formula is C18H26N4O7. The maximum absolute atomic E-state index is 12.3. The van der Waals surface area contributed by atoms with Gasteiger partial charge in [0.05, 0.1) is 25.8 Å². The molecule has 0 aromatic rings. The Kier molecular flexibility index (Phi) is 7.46. The predicted octanol–water partition coefficient (Wildman–Crippen LogP) is -1.57. The van der Waals surface area contributed by atoms with Gasteiger partial charge in [0.15, 0.2) is 11.5 Å². The van der Waals surface area contributed by atoms with Gasteiger partial charge in [-0.2, -0.15) is 0 Å². The van der Waals surface area contributed by atoms with Gasteiger partial charge in [-0.1, -0.05) is 5.16 Å². The fourth-order valence-electron chi connectivity index (χ4n) is 2.49. The maximum Gasteiger partial charge on any atom is 0.274 e. The fourth-order valence-corrected chi connectivity index (χ4v) is 2.49. The van der Waals surface area contributed by atoms with Crippen LogP contribution in [0.2, 0.25) is 0 Å². The summed E-state index contributed by atoms with van der Waals surface area (Å²) in [5, 5.41) is 11.0. The average molecular weight is 410 g/mol. The standard InChI is InChI=1S/C18H26N4O7/c1-10-5-6-12(22-29-10)17(26)21-13(8-27-4)16(25)19-7-14(23)20-11(2)15(24)18(3)9-28-18/h5-6,10-11,13H,7-9H2,1-4H3,(H,19,25)(H,20,23)(H,21,26)/t10?,11?,13-,18+/m0/s1. The molecule has 0 aromatic carbocycles. The summed E-state index contributed by atoms with van der Waals surface area (Å²) in [6.45, 7) is 4.79. The molecule has 2 aliphatic rings. The van der Waals surface area contributed by atoms with Gasteiger partial charge in [0.1, 0.15) is 17.7 Å².